The number of halogens is 1. The number of carbonyl (C=O) groups is 1. The van der Waals surface area contributed by atoms with E-state index in [1.165, 1.54) is 6.07 Å². The van der Waals surface area contributed by atoms with E-state index in [9.17, 15) is 14.3 Å². The molecule has 1 aromatic rings. The normalized spacial score (nSPS) is 11.3. The van der Waals surface area contributed by atoms with E-state index in [-0.39, 0.29) is 16.9 Å². The van der Waals surface area contributed by atoms with Gasteiger partial charge in [0.1, 0.15) is 11.6 Å². The third kappa shape index (κ3) is 4.00. The van der Waals surface area contributed by atoms with Crippen molar-refractivity contribution in [2.45, 2.75) is 25.9 Å². The summed E-state index contributed by atoms with van der Waals surface area (Å²) >= 11 is 0. The predicted octanol–water partition coefficient (Wildman–Crippen LogP) is 2.08. The summed E-state index contributed by atoms with van der Waals surface area (Å²) in [7, 11) is 1.59. The molecule has 2 N–H and O–H groups in total. The maximum Gasteiger partial charge on any atom is 0.254 e. The number of hydrogen-bond donors (Lipinski definition) is 2. The van der Waals surface area contributed by atoms with E-state index >= 15 is 0 Å². The Hall–Kier alpha value is -1.62. The summed E-state index contributed by atoms with van der Waals surface area (Å²) in [4.78, 5) is 11.7. The van der Waals surface area contributed by atoms with Crippen molar-refractivity contribution in [3.8, 4) is 5.75 Å². The molecule has 0 spiro atoms. The van der Waals surface area contributed by atoms with Gasteiger partial charge in [-0.1, -0.05) is 0 Å². The number of nitrogens with one attached hydrogen (secondary N) is 1. The minimum Gasteiger partial charge on any atom is -0.508 e. The fourth-order valence-electron chi connectivity index (χ4n) is 1.36. The minimum atomic E-state index is -0.656. The first-order valence-corrected chi connectivity index (χ1v) is 5.67. The number of benzene rings is 1. The third-order valence-electron chi connectivity index (χ3n) is 2.76. The van der Waals surface area contributed by atoms with Crippen molar-refractivity contribution >= 4 is 5.91 Å². The van der Waals surface area contributed by atoms with Crippen LogP contribution in [0.3, 0.4) is 0 Å². The minimum absolute atomic E-state index is 0.140. The maximum atomic E-state index is 13.4. The highest BCUT2D eigenvalue weighted by atomic mass is 19.1. The molecule has 1 amide bonds. The molecule has 18 heavy (non-hydrogen) atoms. The van der Waals surface area contributed by atoms with Crippen LogP contribution in [0.4, 0.5) is 4.39 Å². The Morgan fingerprint density at radius 3 is 2.78 bits per heavy atom. The Balaban J connectivity index is 2.58. The molecule has 0 saturated heterocycles. The number of amides is 1. The summed E-state index contributed by atoms with van der Waals surface area (Å²) < 4.78 is 18.6. The summed E-state index contributed by atoms with van der Waals surface area (Å²) in [5.74, 6) is -1.34. The molecule has 0 radical (unpaired) electrons. The average Bonchev–Trinajstić information content (AvgIpc) is 2.32. The quantitative estimate of drug-likeness (QED) is 0.846. The lowest BCUT2D eigenvalue weighted by Gasteiger charge is -2.22. The highest BCUT2D eigenvalue weighted by Gasteiger charge is 2.17. The van der Waals surface area contributed by atoms with Crippen LogP contribution in [0.1, 0.15) is 30.6 Å². The summed E-state index contributed by atoms with van der Waals surface area (Å²) in [5.41, 5.74) is -0.504. The lowest BCUT2D eigenvalue weighted by molar-refractivity contribution is 0.0160. The molecular formula is C13H18FNO3. The number of aromatic hydroxyl groups is 1. The lowest BCUT2D eigenvalue weighted by Crippen LogP contribution is -2.32. The van der Waals surface area contributed by atoms with Crippen LogP contribution >= 0.6 is 0 Å². The molecule has 1 aromatic carbocycles. The molecule has 0 heterocycles. The first-order chi connectivity index (χ1) is 8.35. The van der Waals surface area contributed by atoms with Crippen molar-refractivity contribution in [2.24, 2.45) is 0 Å². The van der Waals surface area contributed by atoms with Gasteiger partial charge in [-0.15, -0.1) is 0 Å². The molecular weight excluding hydrogens is 237 g/mol. The number of phenols is 1. The SMILES string of the molecule is COC(C)(C)CCNC(=O)c1cc(O)ccc1F. The molecule has 0 aliphatic rings. The Morgan fingerprint density at radius 2 is 2.17 bits per heavy atom. The van der Waals surface area contributed by atoms with Gasteiger partial charge in [0.15, 0.2) is 0 Å². The second kappa shape index (κ2) is 5.82. The molecule has 5 heteroatoms. The van der Waals surface area contributed by atoms with Crippen LogP contribution in [-0.2, 0) is 4.74 Å². The molecule has 0 bridgehead atoms. The largest absolute Gasteiger partial charge is 0.508 e. The summed E-state index contributed by atoms with van der Waals surface area (Å²) in [6, 6.07) is 3.36. The molecule has 0 atom stereocenters. The second-order valence-electron chi connectivity index (χ2n) is 4.63. The zero-order chi connectivity index (χ0) is 13.8. The van der Waals surface area contributed by atoms with Crippen LogP contribution < -0.4 is 5.32 Å². The highest BCUT2D eigenvalue weighted by molar-refractivity contribution is 5.94. The van der Waals surface area contributed by atoms with Crippen LogP contribution in [0.2, 0.25) is 0 Å². The molecule has 0 fully saturated rings. The van der Waals surface area contributed by atoms with Crippen LogP contribution in [0, 0.1) is 5.82 Å². The number of hydrogen-bond acceptors (Lipinski definition) is 3. The fraction of sp³-hybridized carbons (Fsp3) is 0.462. The lowest BCUT2D eigenvalue weighted by atomic mass is 10.1. The van der Waals surface area contributed by atoms with Crippen molar-refractivity contribution < 1.29 is 19.0 Å². The number of methoxy groups -OCH3 is 1. The number of carbonyl (C=O) groups excluding carboxylic acids is 1. The smallest absolute Gasteiger partial charge is 0.254 e. The number of rotatable bonds is 5. The maximum absolute atomic E-state index is 13.4. The average molecular weight is 255 g/mol. The highest BCUT2D eigenvalue weighted by Crippen LogP contribution is 2.15. The van der Waals surface area contributed by atoms with Crippen molar-refractivity contribution in [3.63, 3.8) is 0 Å². The molecule has 0 aromatic heterocycles. The van der Waals surface area contributed by atoms with Gasteiger partial charge in [0, 0.05) is 13.7 Å². The molecule has 0 aliphatic heterocycles. The van der Waals surface area contributed by atoms with Crippen LogP contribution in [0.15, 0.2) is 18.2 Å². The van der Waals surface area contributed by atoms with Crippen LogP contribution in [0.5, 0.6) is 5.75 Å². The van der Waals surface area contributed by atoms with E-state index < -0.39 is 11.7 Å². The Labute approximate surface area is 106 Å². The van der Waals surface area contributed by atoms with Gasteiger partial charge in [-0.25, -0.2) is 4.39 Å². The van der Waals surface area contributed by atoms with E-state index in [1.54, 1.807) is 7.11 Å². The van der Waals surface area contributed by atoms with Crippen molar-refractivity contribution in [2.75, 3.05) is 13.7 Å². The zero-order valence-corrected chi connectivity index (χ0v) is 10.8. The Bertz CT molecular complexity index is 432. The molecule has 0 aliphatic carbocycles. The first-order valence-electron chi connectivity index (χ1n) is 5.67. The van der Waals surface area contributed by atoms with E-state index in [2.05, 4.69) is 5.32 Å². The Kier molecular flexibility index (Phi) is 4.67. The summed E-state index contributed by atoms with van der Waals surface area (Å²) in [5, 5.41) is 11.8. The molecule has 1 rings (SSSR count). The predicted molar refractivity (Wildman–Crippen MR) is 66.1 cm³/mol. The number of phenolic OH excluding ortho intramolecular Hbond substituents is 1. The molecule has 100 valence electrons. The summed E-state index contributed by atoms with van der Waals surface area (Å²) in [6.45, 7) is 4.16. The van der Waals surface area contributed by atoms with E-state index in [0.29, 0.717) is 13.0 Å². The van der Waals surface area contributed by atoms with Crippen LogP contribution in [0.25, 0.3) is 0 Å². The monoisotopic (exact) mass is 255 g/mol. The van der Waals surface area contributed by atoms with Gasteiger partial charge in [-0.05, 0) is 38.5 Å². The van der Waals surface area contributed by atoms with Gasteiger partial charge in [0.25, 0.3) is 5.91 Å². The number of ether oxygens (including phenoxy) is 1. The summed E-state index contributed by atoms with van der Waals surface area (Å²) in [6.07, 6.45) is 0.607. The molecule has 0 saturated carbocycles. The van der Waals surface area contributed by atoms with E-state index in [4.69, 9.17) is 4.74 Å². The topological polar surface area (TPSA) is 58.6 Å². The van der Waals surface area contributed by atoms with Crippen molar-refractivity contribution in [1.29, 1.82) is 0 Å². The third-order valence-corrected chi connectivity index (χ3v) is 2.76. The van der Waals surface area contributed by atoms with Gasteiger partial charge in [-0.3, -0.25) is 4.79 Å². The standard InChI is InChI=1S/C13H18FNO3/c1-13(2,18-3)6-7-15-12(17)10-8-9(16)4-5-11(10)14/h4-5,8,16H,6-7H2,1-3H3,(H,15,17). The van der Waals surface area contributed by atoms with Gasteiger partial charge < -0.3 is 15.2 Å². The Morgan fingerprint density at radius 1 is 1.50 bits per heavy atom. The second-order valence-corrected chi connectivity index (χ2v) is 4.63. The molecule has 0 unspecified atom stereocenters. The van der Waals surface area contributed by atoms with Crippen molar-refractivity contribution in [1.82, 2.24) is 5.32 Å². The first kappa shape index (κ1) is 14.4. The van der Waals surface area contributed by atoms with Gasteiger partial charge >= 0.3 is 0 Å². The van der Waals surface area contributed by atoms with Gasteiger partial charge in [-0.2, -0.15) is 0 Å². The van der Waals surface area contributed by atoms with E-state index in [1.807, 2.05) is 13.8 Å². The van der Waals surface area contributed by atoms with Gasteiger partial charge in [0.2, 0.25) is 0 Å². The fourth-order valence-corrected chi connectivity index (χ4v) is 1.36. The van der Waals surface area contributed by atoms with Crippen LogP contribution in [-0.4, -0.2) is 30.3 Å². The van der Waals surface area contributed by atoms with E-state index in [0.717, 1.165) is 12.1 Å². The molecule has 4 nitrogen and oxygen atoms in total. The van der Waals surface area contributed by atoms with Crippen molar-refractivity contribution in [3.05, 3.63) is 29.6 Å². The van der Waals surface area contributed by atoms with Gasteiger partial charge in [0.05, 0.1) is 11.2 Å². The zero-order valence-electron chi connectivity index (χ0n) is 10.8.